The number of halogens is 6. The molecule has 0 unspecified atom stereocenters. The zero-order valence-corrected chi connectivity index (χ0v) is 14.5. The third-order valence-electron chi connectivity index (χ3n) is 4.47. The van der Waals surface area contributed by atoms with E-state index in [4.69, 9.17) is 11.6 Å². The molecule has 0 saturated heterocycles. The highest BCUT2D eigenvalue weighted by molar-refractivity contribution is 6.37. The van der Waals surface area contributed by atoms with E-state index in [9.17, 15) is 26.7 Å². The minimum atomic E-state index is -5.65. The maximum Gasteiger partial charge on any atom is 0.455 e. The summed E-state index contributed by atoms with van der Waals surface area (Å²) in [4.78, 5) is 14.2. The first kappa shape index (κ1) is 18.7. The number of nitrogens with zero attached hydrogens (tertiary/aromatic N) is 1. The van der Waals surface area contributed by atoms with Crippen LogP contribution in [-0.2, 0) is 13.0 Å². The maximum atomic E-state index is 13.7. The summed E-state index contributed by atoms with van der Waals surface area (Å²) in [5, 5.41) is 0.989. The Morgan fingerprint density at radius 2 is 1.81 bits per heavy atom. The van der Waals surface area contributed by atoms with Gasteiger partial charge in [-0.2, -0.15) is 22.0 Å². The second-order valence-electron chi connectivity index (χ2n) is 6.08. The predicted octanol–water partition coefficient (Wildman–Crippen LogP) is 5.20. The van der Waals surface area contributed by atoms with E-state index in [1.165, 1.54) is 12.1 Å². The molecular weight excluding hydrogens is 379 g/mol. The number of alkyl halides is 5. The predicted molar refractivity (Wildman–Crippen MR) is 90.2 cm³/mol. The number of pyridine rings is 1. The first-order valence-corrected chi connectivity index (χ1v) is 8.13. The molecule has 0 spiro atoms. The number of hydrogen-bond donors (Lipinski definition) is 1. The van der Waals surface area contributed by atoms with Gasteiger partial charge in [0.15, 0.2) is 0 Å². The van der Waals surface area contributed by atoms with Crippen molar-refractivity contribution in [2.45, 2.75) is 38.9 Å². The molecule has 0 fully saturated rings. The number of aromatic amines is 1. The van der Waals surface area contributed by atoms with Crippen molar-refractivity contribution in [3.63, 3.8) is 0 Å². The Balaban J connectivity index is 2.38. The van der Waals surface area contributed by atoms with Gasteiger partial charge in [0.05, 0.1) is 17.1 Å². The van der Waals surface area contributed by atoms with Crippen LogP contribution in [-0.4, -0.2) is 21.6 Å². The van der Waals surface area contributed by atoms with Crippen molar-refractivity contribution in [1.82, 2.24) is 9.55 Å². The fourth-order valence-corrected chi connectivity index (χ4v) is 3.62. The van der Waals surface area contributed by atoms with Crippen molar-refractivity contribution in [3.8, 4) is 0 Å². The molecule has 2 aromatic heterocycles. The molecule has 3 aromatic rings. The van der Waals surface area contributed by atoms with Gasteiger partial charge in [-0.25, -0.2) is 0 Å². The van der Waals surface area contributed by atoms with E-state index in [0.717, 1.165) is 10.6 Å². The molecule has 9 heteroatoms. The second-order valence-corrected chi connectivity index (χ2v) is 6.48. The summed E-state index contributed by atoms with van der Waals surface area (Å²) in [5.74, 6) is -4.88. The van der Waals surface area contributed by atoms with Crippen LogP contribution >= 0.6 is 11.6 Å². The Hall–Kier alpha value is -2.09. The molecule has 3 rings (SSSR count). The second kappa shape index (κ2) is 5.97. The third-order valence-corrected chi connectivity index (χ3v) is 4.77. The summed E-state index contributed by atoms with van der Waals surface area (Å²) in [5.41, 5.74) is 1.09. The van der Waals surface area contributed by atoms with Gasteiger partial charge in [-0.1, -0.05) is 18.5 Å². The molecular formula is C17H14ClF5N2O. The zero-order valence-electron chi connectivity index (χ0n) is 13.8. The van der Waals surface area contributed by atoms with Crippen LogP contribution in [0.5, 0.6) is 0 Å². The number of nitrogens with one attached hydrogen (secondary N) is 1. The van der Waals surface area contributed by atoms with Crippen molar-refractivity contribution in [2.24, 2.45) is 0 Å². The molecule has 0 aliphatic rings. The van der Waals surface area contributed by atoms with Crippen molar-refractivity contribution >= 4 is 33.4 Å². The van der Waals surface area contributed by atoms with Gasteiger partial charge in [-0.05, 0) is 31.0 Å². The molecule has 0 aliphatic heterocycles. The number of fused-ring (bicyclic) bond motifs is 3. The monoisotopic (exact) mass is 392 g/mol. The van der Waals surface area contributed by atoms with Crippen LogP contribution in [0, 0.1) is 6.92 Å². The van der Waals surface area contributed by atoms with Crippen LogP contribution in [0.25, 0.3) is 21.8 Å². The molecule has 1 N–H and O–H groups in total. The Kier molecular flexibility index (Phi) is 4.29. The Bertz CT molecular complexity index is 1070. The van der Waals surface area contributed by atoms with Crippen LogP contribution < -0.4 is 5.56 Å². The smallest absolute Gasteiger partial charge is 0.338 e. The van der Waals surface area contributed by atoms with E-state index in [0.29, 0.717) is 27.5 Å². The van der Waals surface area contributed by atoms with Gasteiger partial charge in [-0.3, -0.25) is 4.79 Å². The van der Waals surface area contributed by atoms with E-state index in [2.05, 4.69) is 4.98 Å². The largest absolute Gasteiger partial charge is 0.455 e. The normalized spacial score (nSPS) is 13.1. The van der Waals surface area contributed by atoms with Crippen LogP contribution in [0.1, 0.15) is 18.2 Å². The number of hydrogen-bond acceptors (Lipinski definition) is 1. The standard InChI is InChI=1S/C17H14ClF5N2O/c1-3-11-8(2)14-12(25(11)7-16(19,20)17(21,22)23)5-4-10-15(14)9(18)6-13(26)24-10/h4-6H,3,7H2,1-2H3,(H,24,26). The number of aryl methyl sites for hydroxylation is 1. The minimum absolute atomic E-state index is 0.111. The van der Waals surface area contributed by atoms with Gasteiger partial charge in [-0.15, -0.1) is 0 Å². The van der Waals surface area contributed by atoms with Gasteiger partial charge in [0.25, 0.3) is 0 Å². The topological polar surface area (TPSA) is 37.8 Å². The van der Waals surface area contributed by atoms with Crippen molar-refractivity contribution in [3.05, 3.63) is 44.8 Å². The number of H-pyrrole nitrogens is 1. The molecule has 0 radical (unpaired) electrons. The summed E-state index contributed by atoms with van der Waals surface area (Å²) in [6.45, 7) is 1.80. The highest BCUT2D eigenvalue weighted by Crippen LogP contribution is 2.40. The summed E-state index contributed by atoms with van der Waals surface area (Å²) in [6, 6.07) is 4.02. The first-order chi connectivity index (χ1) is 12.0. The Morgan fingerprint density at radius 3 is 2.38 bits per heavy atom. The summed E-state index contributed by atoms with van der Waals surface area (Å²) >= 11 is 6.17. The first-order valence-electron chi connectivity index (χ1n) is 7.75. The van der Waals surface area contributed by atoms with Crippen molar-refractivity contribution in [1.29, 1.82) is 0 Å². The lowest BCUT2D eigenvalue weighted by Crippen LogP contribution is -2.40. The molecule has 26 heavy (non-hydrogen) atoms. The van der Waals surface area contributed by atoms with E-state index in [1.807, 2.05) is 0 Å². The summed E-state index contributed by atoms with van der Waals surface area (Å²) in [7, 11) is 0. The van der Waals surface area contributed by atoms with Crippen LogP contribution in [0.15, 0.2) is 23.0 Å². The highest BCUT2D eigenvalue weighted by Gasteiger charge is 2.57. The fraction of sp³-hybridized carbons (Fsp3) is 0.353. The highest BCUT2D eigenvalue weighted by atomic mass is 35.5. The molecule has 3 nitrogen and oxygen atoms in total. The SMILES string of the molecule is CCc1c(C)c2c3c(Cl)cc(=O)[nH]c3ccc2n1CC(F)(F)C(F)(F)F. The lowest BCUT2D eigenvalue weighted by Gasteiger charge is -2.22. The molecule has 1 aromatic carbocycles. The van der Waals surface area contributed by atoms with E-state index in [1.54, 1.807) is 13.8 Å². The number of aromatic nitrogens is 2. The van der Waals surface area contributed by atoms with Crippen LogP contribution in [0.2, 0.25) is 5.02 Å². The number of benzene rings is 1. The van der Waals surface area contributed by atoms with Crippen molar-refractivity contribution in [2.75, 3.05) is 0 Å². The van der Waals surface area contributed by atoms with Gasteiger partial charge in [0.2, 0.25) is 5.56 Å². The summed E-state index contributed by atoms with van der Waals surface area (Å²) in [6.07, 6.45) is -5.39. The summed E-state index contributed by atoms with van der Waals surface area (Å²) < 4.78 is 66.5. The molecule has 0 saturated carbocycles. The lowest BCUT2D eigenvalue weighted by atomic mass is 10.1. The average molecular weight is 393 g/mol. The van der Waals surface area contributed by atoms with Crippen LogP contribution in [0.3, 0.4) is 0 Å². The lowest BCUT2D eigenvalue weighted by molar-refractivity contribution is -0.286. The number of rotatable bonds is 3. The van der Waals surface area contributed by atoms with Gasteiger partial charge in [0.1, 0.15) is 0 Å². The van der Waals surface area contributed by atoms with Gasteiger partial charge >= 0.3 is 12.1 Å². The van der Waals surface area contributed by atoms with Gasteiger partial charge in [0, 0.05) is 28.0 Å². The minimum Gasteiger partial charge on any atom is -0.338 e. The van der Waals surface area contributed by atoms with Crippen molar-refractivity contribution < 1.29 is 22.0 Å². The van der Waals surface area contributed by atoms with Crippen LogP contribution in [0.4, 0.5) is 22.0 Å². The van der Waals surface area contributed by atoms with E-state index in [-0.39, 0.29) is 17.0 Å². The van der Waals surface area contributed by atoms with Gasteiger partial charge < -0.3 is 9.55 Å². The molecule has 0 bridgehead atoms. The Labute approximate surface area is 149 Å². The average Bonchev–Trinajstić information content (AvgIpc) is 2.77. The van der Waals surface area contributed by atoms with E-state index < -0.39 is 24.2 Å². The maximum absolute atomic E-state index is 13.7. The third kappa shape index (κ3) is 2.76. The molecule has 0 atom stereocenters. The molecule has 0 amide bonds. The quantitative estimate of drug-likeness (QED) is 0.611. The molecule has 2 heterocycles. The zero-order chi connectivity index (χ0) is 19.4. The molecule has 0 aliphatic carbocycles. The van der Waals surface area contributed by atoms with E-state index >= 15 is 0 Å². The molecule has 140 valence electrons. The fourth-order valence-electron chi connectivity index (χ4n) is 3.32. The Morgan fingerprint density at radius 1 is 1.15 bits per heavy atom.